The van der Waals surface area contributed by atoms with Crippen molar-refractivity contribution in [2.45, 2.75) is 71.1 Å². The molecule has 1 rings (SSSR count). The number of rotatable bonds is 7. The molecule has 0 heterocycles. The molecule has 1 nitrogen and oxygen atoms in total. The standard InChI is InChI=1S/C14H28O/c1-2-7-14(12-15)11-6-10-13-8-4-3-5-9-13/h13-15H,2-12H2,1H3. The van der Waals surface area contributed by atoms with Gasteiger partial charge in [0.1, 0.15) is 0 Å². The highest BCUT2D eigenvalue weighted by Crippen LogP contribution is 2.28. The van der Waals surface area contributed by atoms with Gasteiger partial charge >= 0.3 is 0 Å². The fourth-order valence-corrected chi connectivity index (χ4v) is 2.91. The molecule has 0 amide bonds. The average Bonchev–Trinajstić information content (AvgIpc) is 2.29. The van der Waals surface area contributed by atoms with E-state index in [4.69, 9.17) is 0 Å². The molecular weight excluding hydrogens is 184 g/mol. The second-order valence-corrected chi connectivity index (χ2v) is 5.27. The van der Waals surface area contributed by atoms with Crippen molar-refractivity contribution in [2.75, 3.05) is 6.61 Å². The number of hydrogen-bond acceptors (Lipinski definition) is 1. The fraction of sp³-hybridized carbons (Fsp3) is 1.00. The molecule has 0 aromatic heterocycles. The Bertz CT molecular complexity index is 134. The summed E-state index contributed by atoms with van der Waals surface area (Å²) in [6, 6.07) is 0. The molecule has 1 aliphatic carbocycles. The molecule has 1 unspecified atom stereocenters. The van der Waals surface area contributed by atoms with E-state index in [0.29, 0.717) is 12.5 Å². The number of aliphatic hydroxyl groups is 1. The molecule has 90 valence electrons. The first kappa shape index (κ1) is 13.0. The van der Waals surface area contributed by atoms with Gasteiger partial charge in [-0.2, -0.15) is 0 Å². The Balaban J connectivity index is 2.03. The van der Waals surface area contributed by atoms with Crippen molar-refractivity contribution >= 4 is 0 Å². The Hall–Kier alpha value is -0.0400. The third kappa shape index (κ3) is 5.55. The van der Waals surface area contributed by atoms with E-state index >= 15 is 0 Å². The molecule has 0 radical (unpaired) electrons. The zero-order valence-corrected chi connectivity index (χ0v) is 10.4. The van der Waals surface area contributed by atoms with Gasteiger partial charge in [0.25, 0.3) is 0 Å². The van der Waals surface area contributed by atoms with E-state index in [-0.39, 0.29) is 0 Å². The van der Waals surface area contributed by atoms with E-state index in [1.165, 1.54) is 64.2 Å². The van der Waals surface area contributed by atoms with Crippen molar-refractivity contribution in [1.29, 1.82) is 0 Å². The summed E-state index contributed by atoms with van der Waals surface area (Å²) in [7, 11) is 0. The molecule has 0 aromatic carbocycles. The summed E-state index contributed by atoms with van der Waals surface area (Å²) >= 11 is 0. The van der Waals surface area contributed by atoms with Crippen LogP contribution in [0.3, 0.4) is 0 Å². The molecule has 15 heavy (non-hydrogen) atoms. The van der Waals surface area contributed by atoms with E-state index in [1.54, 1.807) is 0 Å². The summed E-state index contributed by atoms with van der Waals surface area (Å²) in [5, 5.41) is 9.19. The molecule has 0 spiro atoms. The molecule has 1 aliphatic rings. The van der Waals surface area contributed by atoms with Crippen LogP contribution in [-0.2, 0) is 0 Å². The summed E-state index contributed by atoms with van der Waals surface area (Å²) in [6.45, 7) is 2.61. The maximum absolute atomic E-state index is 9.19. The van der Waals surface area contributed by atoms with Crippen molar-refractivity contribution in [3.05, 3.63) is 0 Å². The zero-order chi connectivity index (χ0) is 10.9. The summed E-state index contributed by atoms with van der Waals surface area (Å²) < 4.78 is 0. The van der Waals surface area contributed by atoms with E-state index in [0.717, 1.165) is 5.92 Å². The van der Waals surface area contributed by atoms with E-state index in [2.05, 4.69) is 6.92 Å². The number of hydrogen-bond donors (Lipinski definition) is 1. The highest BCUT2D eigenvalue weighted by Gasteiger charge is 2.14. The number of aliphatic hydroxyl groups excluding tert-OH is 1. The SMILES string of the molecule is CCCC(CO)CCCC1CCCCC1. The molecule has 0 bridgehead atoms. The van der Waals surface area contributed by atoms with Crippen molar-refractivity contribution < 1.29 is 5.11 Å². The van der Waals surface area contributed by atoms with Gasteiger partial charge in [-0.05, 0) is 24.7 Å². The summed E-state index contributed by atoms with van der Waals surface area (Å²) in [5.41, 5.74) is 0. The van der Waals surface area contributed by atoms with Gasteiger partial charge in [-0.25, -0.2) is 0 Å². The van der Waals surface area contributed by atoms with Crippen molar-refractivity contribution in [3.8, 4) is 0 Å². The second kappa shape index (κ2) is 8.15. The van der Waals surface area contributed by atoms with Crippen LogP contribution in [0.4, 0.5) is 0 Å². The Labute approximate surface area is 95.3 Å². The quantitative estimate of drug-likeness (QED) is 0.672. The second-order valence-electron chi connectivity index (χ2n) is 5.27. The fourth-order valence-electron chi connectivity index (χ4n) is 2.91. The molecule has 0 aliphatic heterocycles. The first-order valence-electron chi connectivity index (χ1n) is 6.97. The van der Waals surface area contributed by atoms with Gasteiger partial charge in [-0.15, -0.1) is 0 Å². The van der Waals surface area contributed by atoms with Gasteiger partial charge in [-0.3, -0.25) is 0 Å². The molecule has 1 heteroatoms. The van der Waals surface area contributed by atoms with Gasteiger partial charge in [-0.1, -0.05) is 58.3 Å². The third-order valence-corrected chi connectivity index (χ3v) is 3.90. The van der Waals surface area contributed by atoms with Gasteiger partial charge in [0, 0.05) is 6.61 Å². The van der Waals surface area contributed by atoms with Crippen LogP contribution < -0.4 is 0 Å². The van der Waals surface area contributed by atoms with Crippen molar-refractivity contribution in [3.63, 3.8) is 0 Å². The largest absolute Gasteiger partial charge is 0.396 e. The summed E-state index contributed by atoms with van der Waals surface area (Å²) in [4.78, 5) is 0. The lowest BCUT2D eigenvalue weighted by Gasteiger charge is -2.22. The lowest BCUT2D eigenvalue weighted by atomic mass is 9.84. The molecule has 1 fully saturated rings. The Morgan fingerprint density at radius 2 is 1.87 bits per heavy atom. The summed E-state index contributed by atoms with van der Waals surface area (Å²) in [6.07, 6.45) is 13.8. The molecule has 1 atom stereocenters. The van der Waals surface area contributed by atoms with E-state index in [1.807, 2.05) is 0 Å². The van der Waals surface area contributed by atoms with Crippen LogP contribution in [0.1, 0.15) is 71.1 Å². The van der Waals surface area contributed by atoms with Crippen LogP contribution in [0, 0.1) is 11.8 Å². The summed E-state index contributed by atoms with van der Waals surface area (Å²) in [5.74, 6) is 1.60. The predicted octanol–water partition coefficient (Wildman–Crippen LogP) is 4.15. The smallest absolute Gasteiger partial charge is 0.0459 e. The molecule has 0 aromatic rings. The molecule has 1 saturated carbocycles. The van der Waals surface area contributed by atoms with Crippen molar-refractivity contribution in [2.24, 2.45) is 11.8 Å². The maximum atomic E-state index is 9.19. The van der Waals surface area contributed by atoms with Crippen LogP contribution in [0.15, 0.2) is 0 Å². The van der Waals surface area contributed by atoms with Gasteiger partial charge in [0.15, 0.2) is 0 Å². The van der Waals surface area contributed by atoms with Crippen LogP contribution in [0.5, 0.6) is 0 Å². The average molecular weight is 212 g/mol. The van der Waals surface area contributed by atoms with Gasteiger partial charge < -0.3 is 5.11 Å². The van der Waals surface area contributed by atoms with Gasteiger partial charge in [0.2, 0.25) is 0 Å². The van der Waals surface area contributed by atoms with Crippen LogP contribution in [0.25, 0.3) is 0 Å². The topological polar surface area (TPSA) is 20.2 Å². The highest BCUT2D eigenvalue weighted by molar-refractivity contribution is 4.67. The third-order valence-electron chi connectivity index (χ3n) is 3.90. The van der Waals surface area contributed by atoms with Crippen LogP contribution in [0.2, 0.25) is 0 Å². The molecular formula is C14H28O. The Morgan fingerprint density at radius 3 is 2.47 bits per heavy atom. The Kier molecular flexibility index (Phi) is 7.08. The molecule has 0 saturated heterocycles. The first-order chi connectivity index (χ1) is 7.36. The minimum atomic E-state index is 0.401. The molecule has 1 N–H and O–H groups in total. The van der Waals surface area contributed by atoms with E-state index in [9.17, 15) is 5.11 Å². The zero-order valence-electron chi connectivity index (χ0n) is 10.4. The minimum absolute atomic E-state index is 0.401. The predicted molar refractivity (Wildman–Crippen MR) is 65.9 cm³/mol. The van der Waals surface area contributed by atoms with Crippen LogP contribution >= 0.6 is 0 Å². The maximum Gasteiger partial charge on any atom is 0.0459 e. The monoisotopic (exact) mass is 212 g/mol. The highest BCUT2D eigenvalue weighted by atomic mass is 16.3. The minimum Gasteiger partial charge on any atom is -0.396 e. The Morgan fingerprint density at radius 1 is 1.13 bits per heavy atom. The van der Waals surface area contributed by atoms with E-state index < -0.39 is 0 Å². The lowest BCUT2D eigenvalue weighted by molar-refractivity contribution is 0.202. The van der Waals surface area contributed by atoms with Gasteiger partial charge in [0.05, 0.1) is 0 Å². The van der Waals surface area contributed by atoms with Crippen LogP contribution in [-0.4, -0.2) is 11.7 Å². The normalized spacial score (nSPS) is 20.4. The van der Waals surface area contributed by atoms with Crippen molar-refractivity contribution in [1.82, 2.24) is 0 Å². The first-order valence-corrected chi connectivity index (χ1v) is 6.97. The lowest BCUT2D eigenvalue weighted by Crippen LogP contribution is -2.09.